The van der Waals surface area contributed by atoms with Crippen molar-refractivity contribution in [3.05, 3.63) is 54.1 Å². The third kappa shape index (κ3) is 30.7. The van der Waals surface area contributed by atoms with Gasteiger partial charge in [0.25, 0.3) is 5.91 Å². The molecule has 1 aromatic rings. The Kier molecular flexibility index (Phi) is 36.3. The number of para-hydroxylation sites is 1. The second-order valence-corrected chi connectivity index (χ2v) is 16.6. The summed E-state index contributed by atoms with van der Waals surface area (Å²) in [6, 6.07) is 6.64. The smallest absolute Gasteiger partial charge is 0.308 e. The number of esters is 1. The van der Waals surface area contributed by atoms with Crippen LogP contribution in [0.2, 0.25) is 0 Å². The Labute approximate surface area is 367 Å². The van der Waals surface area contributed by atoms with E-state index in [-0.39, 0.29) is 29.0 Å². The number of amides is 3. The van der Waals surface area contributed by atoms with Crippen molar-refractivity contribution < 1.29 is 23.9 Å². The van der Waals surface area contributed by atoms with E-state index in [1.165, 1.54) is 115 Å². The molecule has 0 saturated carbocycles. The van der Waals surface area contributed by atoms with Crippen LogP contribution in [0.4, 0.5) is 0 Å². The molecule has 3 amide bonds. The van der Waals surface area contributed by atoms with E-state index in [0.29, 0.717) is 52.1 Å². The van der Waals surface area contributed by atoms with Crippen LogP contribution in [-0.4, -0.2) is 72.8 Å². The number of carbonyl (C=O) groups is 4. The molecule has 60 heavy (non-hydrogen) atoms. The van der Waals surface area contributed by atoms with Gasteiger partial charge in [-0.3, -0.25) is 29.0 Å². The summed E-state index contributed by atoms with van der Waals surface area (Å²) in [5.74, 6) is -0.799. The summed E-state index contributed by atoms with van der Waals surface area (Å²) in [7, 11) is 0. The summed E-state index contributed by atoms with van der Waals surface area (Å²) in [6.07, 6.45) is 41.2. The van der Waals surface area contributed by atoms with Gasteiger partial charge in [0.1, 0.15) is 5.75 Å². The molecule has 0 fully saturated rings. The van der Waals surface area contributed by atoms with E-state index < -0.39 is 5.97 Å². The van der Waals surface area contributed by atoms with Gasteiger partial charge in [-0.25, -0.2) is 0 Å². The molecule has 9 nitrogen and oxygen atoms in total. The summed E-state index contributed by atoms with van der Waals surface area (Å²) in [5, 5.41) is 2.91. The summed E-state index contributed by atoms with van der Waals surface area (Å²) in [5.41, 5.74) is 6.24. The van der Waals surface area contributed by atoms with Gasteiger partial charge in [-0.1, -0.05) is 153 Å². The minimum atomic E-state index is -0.493. The number of hydrogen-bond donors (Lipinski definition) is 2. The van der Waals surface area contributed by atoms with Crippen LogP contribution < -0.4 is 15.8 Å². The van der Waals surface area contributed by atoms with Gasteiger partial charge < -0.3 is 15.8 Å². The molecule has 1 rings (SSSR count). The molecule has 0 spiro atoms. The molecule has 342 valence electrons. The van der Waals surface area contributed by atoms with E-state index in [2.05, 4.69) is 48.4 Å². The minimum Gasteiger partial charge on any atom is -0.426 e. The lowest BCUT2D eigenvalue weighted by Gasteiger charge is -2.27. The van der Waals surface area contributed by atoms with Gasteiger partial charge in [-0.2, -0.15) is 0 Å². The zero-order chi connectivity index (χ0) is 43.7. The van der Waals surface area contributed by atoms with E-state index >= 15 is 0 Å². The number of ether oxygens (including phenoxy) is 1. The molecule has 1 aromatic carbocycles. The van der Waals surface area contributed by atoms with E-state index in [1.54, 1.807) is 24.3 Å². The first-order chi connectivity index (χ1) is 29.3. The van der Waals surface area contributed by atoms with Crippen molar-refractivity contribution in [1.29, 1.82) is 0 Å². The molecular weight excluding hydrogens is 749 g/mol. The quantitative estimate of drug-likeness (QED) is 0.0292. The fourth-order valence-electron chi connectivity index (χ4n) is 7.43. The van der Waals surface area contributed by atoms with Crippen LogP contribution in [0.5, 0.6) is 5.75 Å². The fourth-order valence-corrected chi connectivity index (χ4v) is 7.43. The molecule has 0 aromatic heterocycles. The van der Waals surface area contributed by atoms with Crippen LogP contribution in [0.25, 0.3) is 0 Å². The van der Waals surface area contributed by atoms with Crippen molar-refractivity contribution in [2.45, 2.75) is 201 Å². The Morgan fingerprint density at radius 3 is 1.45 bits per heavy atom. The van der Waals surface area contributed by atoms with Crippen LogP contribution in [0.15, 0.2) is 48.6 Å². The summed E-state index contributed by atoms with van der Waals surface area (Å²) < 4.78 is 5.21. The van der Waals surface area contributed by atoms with Crippen molar-refractivity contribution >= 4 is 23.7 Å². The Morgan fingerprint density at radius 1 is 0.567 bits per heavy atom. The standard InChI is InChI=1S/C51H88N4O5/c1-4-6-8-10-12-14-16-18-20-22-24-26-28-30-32-38-49(57)55(50(58)39-33-31-29-27-25-23-21-19-17-15-13-11-9-7-5-2)45-44-54(42-40-52)43-41-53-51(59)47-36-34-35-37-48(47)60-46(3)56/h18-21,34-37H,4-17,22-33,38-45,52H2,1-3H3,(H,53,59)/b20-18-,21-19-. The van der Waals surface area contributed by atoms with Gasteiger partial charge in [0.2, 0.25) is 11.8 Å². The Morgan fingerprint density at radius 2 is 1.00 bits per heavy atom. The summed E-state index contributed by atoms with van der Waals surface area (Å²) >= 11 is 0. The molecular formula is C51H88N4O5. The normalized spacial score (nSPS) is 11.6. The lowest BCUT2D eigenvalue weighted by molar-refractivity contribution is -0.145. The third-order valence-electron chi connectivity index (χ3n) is 11.1. The number of nitrogens with one attached hydrogen (secondary N) is 1. The Bertz CT molecular complexity index is 1250. The molecule has 3 N–H and O–H groups in total. The average Bonchev–Trinajstić information content (AvgIpc) is 3.23. The number of carbonyl (C=O) groups excluding carboxylic acids is 4. The highest BCUT2D eigenvalue weighted by molar-refractivity contribution is 5.97. The number of nitrogens with zero attached hydrogens (tertiary/aromatic N) is 2. The van der Waals surface area contributed by atoms with E-state index in [1.807, 2.05) is 0 Å². The van der Waals surface area contributed by atoms with Crippen LogP contribution in [0.1, 0.15) is 211 Å². The molecule has 9 heteroatoms. The third-order valence-corrected chi connectivity index (χ3v) is 11.1. The SMILES string of the molecule is CCCCCCCC/C=C\CCCCCCCC(=O)N(CCN(CCN)CCNC(=O)c1ccccc1OC(C)=O)C(=O)CCCCCCC/C=C\CCCCCCCC. The van der Waals surface area contributed by atoms with Crippen molar-refractivity contribution in [3.8, 4) is 5.75 Å². The van der Waals surface area contributed by atoms with Crippen molar-refractivity contribution in [1.82, 2.24) is 15.1 Å². The number of rotatable bonds is 40. The zero-order valence-corrected chi connectivity index (χ0v) is 38.7. The second kappa shape index (κ2) is 39.8. The van der Waals surface area contributed by atoms with E-state index in [4.69, 9.17) is 10.5 Å². The highest BCUT2D eigenvalue weighted by Crippen LogP contribution is 2.18. The Hall–Kier alpha value is -3.30. The summed E-state index contributed by atoms with van der Waals surface area (Å²) in [4.78, 5) is 55.2. The minimum absolute atomic E-state index is 0.0894. The van der Waals surface area contributed by atoms with Crippen LogP contribution in [-0.2, 0) is 14.4 Å². The molecule has 0 saturated heterocycles. The largest absolute Gasteiger partial charge is 0.426 e. The highest BCUT2D eigenvalue weighted by atomic mass is 16.5. The topological polar surface area (TPSA) is 122 Å². The molecule has 0 aliphatic rings. The average molecular weight is 837 g/mol. The number of unbranched alkanes of at least 4 members (excludes halogenated alkanes) is 22. The van der Waals surface area contributed by atoms with E-state index in [0.717, 1.165) is 64.2 Å². The number of nitrogens with two attached hydrogens (primary N) is 1. The number of benzene rings is 1. The first-order valence-corrected chi connectivity index (χ1v) is 24.4. The lowest BCUT2D eigenvalue weighted by Crippen LogP contribution is -2.45. The van der Waals surface area contributed by atoms with Gasteiger partial charge in [-0.15, -0.1) is 0 Å². The molecule has 0 unspecified atom stereocenters. The van der Waals surface area contributed by atoms with Crippen LogP contribution in [0.3, 0.4) is 0 Å². The lowest BCUT2D eigenvalue weighted by atomic mass is 10.1. The van der Waals surface area contributed by atoms with Gasteiger partial charge in [-0.05, 0) is 76.3 Å². The highest BCUT2D eigenvalue weighted by Gasteiger charge is 2.22. The van der Waals surface area contributed by atoms with Gasteiger partial charge in [0.15, 0.2) is 0 Å². The monoisotopic (exact) mass is 837 g/mol. The van der Waals surface area contributed by atoms with Gasteiger partial charge in [0.05, 0.1) is 5.56 Å². The Balaban J connectivity index is 2.57. The predicted molar refractivity (Wildman–Crippen MR) is 251 cm³/mol. The molecule has 0 aliphatic carbocycles. The predicted octanol–water partition coefficient (Wildman–Crippen LogP) is 12.0. The van der Waals surface area contributed by atoms with Gasteiger partial charge in [0, 0.05) is 59.0 Å². The van der Waals surface area contributed by atoms with E-state index in [9.17, 15) is 19.2 Å². The molecule has 0 radical (unpaired) electrons. The van der Waals surface area contributed by atoms with Crippen molar-refractivity contribution in [2.24, 2.45) is 5.73 Å². The number of allylic oxidation sites excluding steroid dienone is 4. The first-order valence-electron chi connectivity index (χ1n) is 24.4. The maximum absolute atomic E-state index is 13.6. The molecule has 0 heterocycles. The second-order valence-electron chi connectivity index (χ2n) is 16.6. The van der Waals surface area contributed by atoms with Crippen LogP contribution >= 0.6 is 0 Å². The maximum Gasteiger partial charge on any atom is 0.308 e. The molecule has 0 atom stereocenters. The van der Waals surface area contributed by atoms with Gasteiger partial charge >= 0.3 is 5.97 Å². The maximum atomic E-state index is 13.6. The molecule has 0 bridgehead atoms. The fraction of sp³-hybridized carbons (Fsp3) is 0.725. The molecule has 0 aliphatic heterocycles. The van der Waals surface area contributed by atoms with Crippen molar-refractivity contribution in [3.63, 3.8) is 0 Å². The zero-order valence-electron chi connectivity index (χ0n) is 38.7. The van der Waals surface area contributed by atoms with Crippen LogP contribution in [0, 0.1) is 0 Å². The van der Waals surface area contributed by atoms with Crippen molar-refractivity contribution in [2.75, 3.05) is 39.3 Å². The first kappa shape index (κ1) is 54.7. The number of hydrogen-bond acceptors (Lipinski definition) is 7. The number of imide groups is 1. The summed E-state index contributed by atoms with van der Waals surface area (Å²) in [6.45, 7) is 8.41.